The molecule has 0 saturated heterocycles. The number of hydrogen-bond acceptors (Lipinski definition) is 7. The highest BCUT2D eigenvalue weighted by Gasteiger charge is 2.27. The van der Waals surface area contributed by atoms with Crippen LogP contribution < -0.4 is 0 Å². The number of phosphoric acid groups is 1. The van der Waals surface area contributed by atoms with Gasteiger partial charge in [0, 0.05) is 12.8 Å². The van der Waals surface area contributed by atoms with Gasteiger partial charge in [-0.1, -0.05) is 373 Å². The fraction of sp³-hybridized carbons (Fsp3) is 0.750. The second kappa shape index (κ2) is 77.6. The Morgan fingerprint density at radius 1 is 0.327 bits per heavy atom. The summed E-state index contributed by atoms with van der Waals surface area (Å²) in [7, 11) is 1.47. The van der Waals surface area contributed by atoms with Gasteiger partial charge < -0.3 is 18.9 Å². The molecule has 0 amide bonds. The van der Waals surface area contributed by atoms with E-state index in [1.54, 1.807) is 0 Å². The smallest absolute Gasteiger partial charge is 0.462 e. The predicted octanol–water partition coefficient (Wildman–Crippen LogP) is 27.7. The van der Waals surface area contributed by atoms with Crippen molar-refractivity contribution in [3.63, 3.8) is 0 Å². The lowest BCUT2D eigenvalue weighted by molar-refractivity contribution is -0.870. The van der Waals surface area contributed by atoms with Gasteiger partial charge in [0.15, 0.2) is 6.10 Å². The van der Waals surface area contributed by atoms with E-state index in [0.29, 0.717) is 17.4 Å². The van der Waals surface area contributed by atoms with Crippen molar-refractivity contribution in [1.82, 2.24) is 0 Å². The summed E-state index contributed by atoms with van der Waals surface area (Å²) in [6, 6.07) is 0. The summed E-state index contributed by atoms with van der Waals surface area (Å²) < 4.78 is 34.8. The first-order valence-electron chi connectivity index (χ1n) is 41.3. The van der Waals surface area contributed by atoms with Gasteiger partial charge in [0.25, 0.3) is 0 Å². The summed E-state index contributed by atoms with van der Waals surface area (Å²) in [4.78, 5) is 36.0. The molecular weight excluding hydrogens is 1230 g/mol. The number of carbonyl (C=O) groups excluding carboxylic acids is 2. The third-order valence-corrected chi connectivity index (χ3v) is 19.0. The number of likely N-dealkylation sites (N-methyl/N-ethyl adjacent to an activating group) is 1. The second-order valence-electron chi connectivity index (χ2n) is 28.8. The highest BCUT2D eigenvalue weighted by molar-refractivity contribution is 7.47. The average Bonchev–Trinajstić information content (AvgIpc) is 1.08. The second-order valence-corrected chi connectivity index (χ2v) is 30.2. The summed E-state index contributed by atoms with van der Waals surface area (Å²) in [5.41, 5.74) is 0. The van der Waals surface area contributed by atoms with Crippen LogP contribution >= 0.6 is 7.82 Å². The fourth-order valence-corrected chi connectivity index (χ4v) is 12.5. The maximum absolute atomic E-state index is 12.9. The number of rotatable bonds is 76. The zero-order valence-electron chi connectivity index (χ0n) is 64.8. The van der Waals surface area contributed by atoms with Crippen LogP contribution in [0, 0.1) is 0 Å². The maximum Gasteiger partial charge on any atom is 0.472 e. The molecule has 1 N–H and O–H groups in total. The monoisotopic (exact) mass is 1390 g/mol. The van der Waals surface area contributed by atoms with Gasteiger partial charge in [-0.2, -0.15) is 0 Å². The van der Waals surface area contributed by atoms with Crippen molar-refractivity contribution in [1.29, 1.82) is 0 Å². The zero-order valence-corrected chi connectivity index (χ0v) is 65.6. The zero-order chi connectivity index (χ0) is 71.1. The average molecular weight is 1390 g/mol. The molecule has 0 aliphatic heterocycles. The molecule has 0 rings (SSSR count). The topological polar surface area (TPSA) is 108 Å². The SMILES string of the molecule is CC/C=C\C/C=C\C/C=C\C/C=C\C/C=C\C/C=C\C/C=C\C/C=C\C/C=C\CCCCCCCCCC(=O)OC(COC(=O)CCCCCCCCCCCCCCCCCCCCCCCCCCCCC/C=C\CCCCCCCCCC)COP(=O)(O)OCC[N+](C)(C)C. The summed E-state index contributed by atoms with van der Waals surface area (Å²) in [6.45, 7) is 4.34. The molecule has 0 aliphatic rings. The van der Waals surface area contributed by atoms with Gasteiger partial charge in [-0.3, -0.25) is 18.6 Å². The van der Waals surface area contributed by atoms with E-state index >= 15 is 0 Å². The Kier molecular flexibility index (Phi) is 74.7. The molecule has 0 bridgehead atoms. The minimum Gasteiger partial charge on any atom is -0.462 e. The van der Waals surface area contributed by atoms with Crippen molar-refractivity contribution < 1.29 is 42.1 Å². The van der Waals surface area contributed by atoms with Crippen LogP contribution in [0.25, 0.3) is 0 Å². The summed E-state index contributed by atoms with van der Waals surface area (Å²) in [6.07, 6.45) is 112. The van der Waals surface area contributed by atoms with Crippen LogP contribution in [0.2, 0.25) is 0 Å². The van der Waals surface area contributed by atoms with Crippen LogP contribution in [-0.4, -0.2) is 74.9 Å². The molecular formula is C88H157NO8P+. The molecule has 0 aromatic heterocycles. The van der Waals surface area contributed by atoms with E-state index in [1.165, 1.54) is 238 Å². The minimum absolute atomic E-state index is 0.0253. The Hall–Kier alpha value is -3.59. The lowest BCUT2D eigenvalue weighted by Gasteiger charge is -2.24. The van der Waals surface area contributed by atoms with Gasteiger partial charge in [0.05, 0.1) is 27.7 Å². The molecule has 0 radical (unpaired) electrons. The van der Waals surface area contributed by atoms with Crippen molar-refractivity contribution in [2.24, 2.45) is 0 Å². The Morgan fingerprint density at radius 2 is 0.582 bits per heavy atom. The van der Waals surface area contributed by atoms with E-state index < -0.39 is 26.5 Å². The van der Waals surface area contributed by atoms with Crippen LogP contribution in [0.5, 0.6) is 0 Å². The van der Waals surface area contributed by atoms with Crippen molar-refractivity contribution in [2.45, 2.75) is 380 Å². The number of ether oxygens (including phenoxy) is 2. The molecule has 0 aromatic rings. The molecule has 0 heterocycles. The summed E-state index contributed by atoms with van der Waals surface area (Å²) in [5.74, 6) is -0.802. The van der Waals surface area contributed by atoms with Gasteiger partial charge >= 0.3 is 19.8 Å². The number of unbranched alkanes of at least 4 members (excludes halogenated alkanes) is 42. The number of esters is 2. The highest BCUT2D eigenvalue weighted by Crippen LogP contribution is 2.43. The third kappa shape index (κ3) is 81.4. The molecule has 0 spiro atoms. The van der Waals surface area contributed by atoms with Crippen LogP contribution in [0.3, 0.4) is 0 Å². The van der Waals surface area contributed by atoms with E-state index in [0.717, 1.165) is 103 Å². The Balaban J connectivity index is 3.98. The number of allylic oxidation sites excluding steroid dienone is 20. The predicted molar refractivity (Wildman–Crippen MR) is 427 cm³/mol. The first-order valence-corrected chi connectivity index (χ1v) is 42.8. The van der Waals surface area contributed by atoms with Gasteiger partial charge in [-0.15, -0.1) is 0 Å². The number of hydrogen-bond donors (Lipinski definition) is 1. The highest BCUT2D eigenvalue weighted by atomic mass is 31.2. The van der Waals surface area contributed by atoms with Gasteiger partial charge in [-0.25, -0.2) is 4.57 Å². The van der Waals surface area contributed by atoms with Crippen LogP contribution in [0.1, 0.15) is 373 Å². The normalized spacial score (nSPS) is 13.7. The lowest BCUT2D eigenvalue weighted by atomic mass is 10.0. The molecule has 566 valence electrons. The van der Waals surface area contributed by atoms with E-state index in [1.807, 2.05) is 21.1 Å². The largest absolute Gasteiger partial charge is 0.472 e. The summed E-state index contributed by atoms with van der Waals surface area (Å²) in [5, 5.41) is 0. The Bertz CT molecular complexity index is 2070. The minimum atomic E-state index is -4.41. The van der Waals surface area contributed by atoms with Gasteiger partial charge in [0.2, 0.25) is 0 Å². The van der Waals surface area contributed by atoms with E-state index in [4.69, 9.17) is 18.5 Å². The summed E-state index contributed by atoms with van der Waals surface area (Å²) >= 11 is 0. The molecule has 0 aromatic carbocycles. The van der Waals surface area contributed by atoms with Crippen molar-refractivity contribution in [3.8, 4) is 0 Å². The molecule has 0 saturated carbocycles. The van der Waals surface area contributed by atoms with E-state index in [2.05, 4.69) is 135 Å². The number of nitrogens with zero attached hydrogens (tertiary/aromatic N) is 1. The standard InChI is InChI=1S/C88H156NO8P/c1-6-8-10-12-14-16-18-20-22-24-26-28-30-32-34-36-38-40-42-43-44-45-47-48-50-52-54-56-58-60-62-64-66-68-70-72-74-76-78-80-87(90)94-84-86(85-96-98(92,93)95-83-82-89(3,4)5)97-88(91)81-79-77-75-73-71-69-67-65-63-61-59-57-55-53-51-49-46-41-39-37-35-33-31-29-27-25-23-21-19-17-15-13-11-9-7-2/h9,11,15,17,21,23-24,26-27,29,33,35,39,41,49,51,55,57,61,63,86H,6-8,10,12-14,16,18-20,22,25,28,30-32,34,36-38,40,42-48,50,52-54,56,58-60,62,64-85H2,1-5H3/p+1/b11-9-,17-15-,23-21-,26-24-,29-27-,35-33-,41-39-,51-49-,57-55-,63-61-. The maximum atomic E-state index is 12.9. The van der Waals surface area contributed by atoms with Crippen LogP contribution in [-0.2, 0) is 32.7 Å². The quantitative estimate of drug-likeness (QED) is 0.0211. The van der Waals surface area contributed by atoms with E-state index in [9.17, 15) is 19.0 Å². The van der Waals surface area contributed by atoms with Crippen molar-refractivity contribution >= 4 is 19.8 Å². The van der Waals surface area contributed by atoms with Crippen LogP contribution in [0.15, 0.2) is 122 Å². The Morgan fingerprint density at radius 3 is 0.878 bits per heavy atom. The first-order chi connectivity index (χ1) is 48.0. The molecule has 98 heavy (non-hydrogen) atoms. The molecule has 10 heteroatoms. The van der Waals surface area contributed by atoms with Gasteiger partial charge in [-0.05, 0) is 109 Å². The number of phosphoric ester groups is 1. The van der Waals surface area contributed by atoms with Crippen LogP contribution in [0.4, 0.5) is 0 Å². The van der Waals surface area contributed by atoms with E-state index in [-0.39, 0.29) is 32.0 Å². The lowest BCUT2D eigenvalue weighted by Crippen LogP contribution is -2.37. The fourth-order valence-electron chi connectivity index (χ4n) is 11.7. The number of carbonyl (C=O) groups is 2. The van der Waals surface area contributed by atoms with Crippen molar-refractivity contribution in [2.75, 3.05) is 47.5 Å². The molecule has 9 nitrogen and oxygen atoms in total. The molecule has 0 aliphatic carbocycles. The Labute approximate surface area is 607 Å². The van der Waals surface area contributed by atoms with Gasteiger partial charge in [0.1, 0.15) is 19.8 Å². The molecule has 2 atom stereocenters. The van der Waals surface area contributed by atoms with Crippen molar-refractivity contribution in [3.05, 3.63) is 122 Å². The molecule has 2 unspecified atom stereocenters. The first kappa shape index (κ1) is 94.4. The third-order valence-electron chi connectivity index (χ3n) is 18.0. The molecule has 0 fully saturated rings. The number of quaternary nitrogens is 1.